The molecule has 0 aliphatic carbocycles. The highest BCUT2D eigenvalue weighted by atomic mass is 16.5. The molecule has 1 aliphatic heterocycles. The van der Waals surface area contributed by atoms with Crippen LogP contribution in [0.3, 0.4) is 0 Å². The van der Waals surface area contributed by atoms with Gasteiger partial charge < -0.3 is 15.2 Å². The second kappa shape index (κ2) is 6.93. The van der Waals surface area contributed by atoms with E-state index in [1.165, 1.54) is 23.9 Å². The van der Waals surface area contributed by atoms with Gasteiger partial charge in [0, 0.05) is 18.7 Å². The van der Waals surface area contributed by atoms with Crippen LogP contribution >= 0.6 is 0 Å². The zero-order valence-electron chi connectivity index (χ0n) is 14.2. The summed E-state index contributed by atoms with van der Waals surface area (Å²) in [6, 6.07) is 8.61. The van der Waals surface area contributed by atoms with Crippen LogP contribution in [-0.2, 0) is 12.8 Å². The fraction of sp³-hybridized carbons (Fsp3) is 0.316. The monoisotopic (exact) mass is 340 g/mol. The van der Waals surface area contributed by atoms with Gasteiger partial charge in [0.1, 0.15) is 17.5 Å². The summed E-state index contributed by atoms with van der Waals surface area (Å²) >= 11 is 0. The van der Waals surface area contributed by atoms with Crippen LogP contribution in [0.15, 0.2) is 36.5 Å². The Hall–Kier alpha value is -2.89. The molecule has 0 saturated heterocycles. The molecule has 130 valence electrons. The summed E-state index contributed by atoms with van der Waals surface area (Å²) in [4.78, 5) is 27.2. The number of rotatable bonds is 5. The highest BCUT2D eigenvalue weighted by Crippen LogP contribution is 2.29. The summed E-state index contributed by atoms with van der Waals surface area (Å²) in [6.45, 7) is 3.95. The Morgan fingerprint density at radius 2 is 2.16 bits per heavy atom. The Kier molecular flexibility index (Phi) is 4.70. The van der Waals surface area contributed by atoms with E-state index in [1.54, 1.807) is 0 Å². The minimum atomic E-state index is -1.08. The van der Waals surface area contributed by atoms with Gasteiger partial charge >= 0.3 is 5.97 Å². The van der Waals surface area contributed by atoms with Crippen molar-refractivity contribution >= 4 is 11.9 Å². The van der Waals surface area contributed by atoms with Gasteiger partial charge in [0.05, 0.1) is 5.56 Å². The van der Waals surface area contributed by atoms with Crippen LogP contribution in [0.5, 0.6) is 5.75 Å². The molecule has 1 aromatic heterocycles. The standard InChI is InChI=1S/C19H20N2O4/c1-11(7-13-3-4-17-15(9-13)8-12(2)25-17)21-18(22)16-10-14(19(23)24)5-6-20-16/h3-6,9-12H,7-8H2,1-2H3,(H,21,22)(H,23,24)/t11-,12?/m1/s1. The van der Waals surface area contributed by atoms with Crippen LogP contribution < -0.4 is 10.1 Å². The van der Waals surface area contributed by atoms with Crippen molar-refractivity contribution in [3.05, 3.63) is 58.9 Å². The van der Waals surface area contributed by atoms with Gasteiger partial charge in [0.2, 0.25) is 0 Å². The number of aromatic carboxylic acids is 1. The van der Waals surface area contributed by atoms with E-state index in [0.717, 1.165) is 17.7 Å². The number of carbonyl (C=O) groups is 2. The molecular formula is C19H20N2O4. The smallest absolute Gasteiger partial charge is 0.335 e. The van der Waals surface area contributed by atoms with Crippen molar-refractivity contribution in [1.82, 2.24) is 10.3 Å². The Bertz CT molecular complexity index is 819. The lowest BCUT2D eigenvalue weighted by Gasteiger charge is -2.14. The number of ether oxygens (including phenoxy) is 1. The molecule has 1 aliphatic rings. The van der Waals surface area contributed by atoms with Crippen LogP contribution in [0.4, 0.5) is 0 Å². The molecule has 1 unspecified atom stereocenters. The zero-order valence-corrected chi connectivity index (χ0v) is 14.2. The van der Waals surface area contributed by atoms with Crippen LogP contribution in [0.1, 0.15) is 45.8 Å². The molecule has 0 bridgehead atoms. The van der Waals surface area contributed by atoms with Gasteiger partial charge in [-0.2, -0.15) is 0 Å². The number of pyridine rings is 1. The van der Waals surface area contributed by atoms with Crippen molar-refractivity contribution in [2.75, 3.05) is 0 Å². The first kappa shape index (κ1) is 17.0. The largest absolute Gasteiger partial charge is 0.490 e. The Balaban J connectivity index is 1.64. The SMILES string of the molecule is CC1Cc2cc(C[C@@H](C)NC(=O)c3cc(C(=O)O)ccn3)ccc2O1. The number of nitrogens with one attached hydrogen (secondary N) is 1. The molecule has 0 fully saturated rings. The molecule has 6 heteroatoms. The maximum absolute atomic E-state index is 12.3. The van der Waals surface area contributed by atoms with Crippen LogP contribution in [-0.4, -0.2) is 34.1 Å². The van der Waals surface area contributed by atoms with E-state index in [-0.39, 0.29) is 29.3 Å². The molecule has 0 spiro atoms. The van der Waals surface area contributed by atoms with E-state index < -0.39 is 5.97 Å². The number of hydrogen-bond donors (Lipinski definition) is 2. The van der Waals surface area contributed by atoms with Crippen LogP contribution in [0.25, 0.3) is 0 Å². The van der Waals surface area contributed by atoms with E-state index in [2.05, 4.69) is 16.4 Å². The lowest BCUT2D eigenvalue weighted by molar-refractivity contribution is 0.0696. The normalized spacial score (nSPS) is 16.6. The van der Waals surface area contributed by atoms with E-state index in [4.69, 9.17) is 9.84 Å². The molecule has 2 heterocycles. The Labute approximate surface area is 145 Å². The summed E-state index contributed by atoms with van der Waals surface area (Å²) in [6.07, 6.45) is 3.10. The van der Waals surface area contributed by atoms with Crippen molar-refractivity contribution in [1.29, 1.82) is 0 Å². The van der Waals surface area contributed by atoms with Gasteiger partial charge in [-0.15, -0.1) is 0 Å². The molecule has 1 aromatic carbocycles. The van der Waals surface area contributed by atoms with Gasteiger partial charge in [-0.3, -0.25) is 9.78 Å². The number of carboxylic acid groups (broad SMARTS) is 1. The molecule has 2 N–H and O–H groups in total. The third-order valence-electron chi connectivity index (χ3n) is 4.12. The zero-order chi connectivity index (χ0) is 18.0. The van der Waals surface area contributed by atoms with Gasteiger partial charge in [-0.1, -0.05) is 12.1 Å². The highest BCUT2D eigenvalue weighted by molar-refractivity contribution is 5.95. The molecule has 6 nitrogen and oxygen atoms in total. The maximum atomic E-state index is 12.3. The molecular weight excluding hydrogens is 320 g/mol. The number of hydrogen-bond acceptors (Lipinski definition) is 4. The van der Waals surface area contributed by atoms with Crippen molar-refractivity contribution < 1.29 is 19.4 Å². The quantitative estimate of drug-likeness (QED) is 0.873. The maximum Gasteiger partial charge on any atom is 0.335 e. The van der Waals surface area contributed by atoms with Gasteiger partial charge in [-0.05, 0) is 49.6 Å². The van der Waals surface area contributed by atoms with Gasteiger partial charge in [0.15, 0.2) is 0 Å². The molecule has 0 radical (unpaired) electrons. The molecule has 2 aromatic rings. The lowest BCUT2D eigenvalue weighted by atomic mass is 10.0. The van der Waals surface area contributed by atoms with E-state index in [0.29, 0.717) is 6.42 Å². The summed E-state index contributed by atoms with van der Waals surface area (Å²) < 4.78 is 5.69. The van der Waals surface area contributed by atoms with Crippen molar-refractivity contribution in [2.45, 2.75) is 38.8 Å². The first-order chi connectivity index (χ1) is 11.9. The van der Waals surface area contributed by atoms with E-state index >= 15 is 0 Å². The number of carbonyl (C=O) groups excluding carboxylic acids is 1. The summed E-state index contributed by atoms with van der Waals surface area (Å²) in [5.41, 5.74) is 2.46. The third kappa shape index (κ3) is 3.96. The minimum Gasteiger partial charge on any atom is -0.490 e. The van der Waals surface area contributed by atoms with Gasteiger partial charge in [0.25, 0.3) is 5.91 Å². The number of benzene rings is 1. The van der Waals surface area contributed by atoms with Crippen molar-refractivity contribution in [2.24, 2.45) is 0 Å². The summed E-state index contributed by atoms with van der Waals surface area (Å²) in [5.74, 6) is -0.532. The Morgan fingerprint density at radius 1 is 1.36 bits per heavy atom. The second-order valence-corrected chi connectivity index (χ2v) is 6.39. The predicted octanol–water partition coefficient (Wildman–Crippen LogP) is 2.46. The van der Waals surface area contributed by atoms with Crippen molar-refractivity contribution in [3.8, 4) is 5.75 Å². The van der Waals surface area contributed by atoms with Crippen LogP contribution in [0, 0.1) is 0 Å². The number of amides is 1. The first-order valence-electron chi connectivity index (χ1n) is 8.21. The van der Waals surface area contributed by atoms with Gasteiger partial charge in [-0.25, -0.2) is 4.79 Å². The first-order valence-corrected chi connectivity index (χ1v) is 8.21. The molecule has 3 rings (SSSR count). The summed E-state index contributed by atoms with van der Waals surface area (Å²) in [5, 5.41) is 11.9. The fourth-order valence-electron chi connectivity index (χ4n) is 2.99. The number of fused-ring (bicyclic) bond motifs is 1. The predicted molar refractivity (Wildman–Crippen MR) is 92.1 cm³/mol. The Morgan fingerprint density at radius 3 is 2.92 bits per heavy atom. The fourth-order valence-corrected chi connectivity index (χ4v) is 2.99. The molecule has 1 amide bonds. The average molecular weight is 340 g/mol. The molecule has 2 atom stereocenters. The minimum absolute atomic E-state index is 0.0422. The molecule has 25 heavy (non-hydrogen) atoms. The summed E-state index contributed by atoms with van der Waals surface area (Å²) in [7, 11) is 0. The van der Waals surface area contributed by atoms with Crippen molar-refractivity contribution in [3.63, 3.8) is 0 Å². The number of nitrogens with zero attached hydrogens (tertiary/aromatic N) is 1. The van der Waals surface area contributed by atoms with E-state index in [9.17, 15) is 9.59 Å². The highest BCUT2D eigenvalue weighted by Gasteiger charge is 2.20. The average Bonchev–Trinajstić information content (AvgIpc) is 2.94. The lowest BCUT2D eigenvalue weighted by Crippen LogP contribution is -2.34. The van der Waals surface area contributed by atoms with Crippen LogP contribution in [0.2, 0.25) is 0 Å². The number of carboxylic acids is 1. The second-order valence-electron chi connectivity index (χ2n) is 6.39. The molecule has 0 saturated carbocycles. The topological polar surface area (TPSA) is 88.5 Å². The van der Waals surface area contributed by atoms with E-state index in [1.807, 2.05) is 26.0 Å². The number of aromatic nitrogens is 1. The third-order valence-corrected chi connectivity index (χ3v) is 4.12.